The summed E-state index contributed by atoms with van der Waals surface area (Å²) in [5.74, 6) is -0.0389. The van der Waals surface area contributed by atoms with Crippen LogP contribution in [0.15, 0.2) is 30.3 Å². The van der Waals surface area contributed by atoms with Crippen molar-refractivity contribution >= 4 is 27.0 Å². The molecule has 2 aliphatic rings. The second-order valence-corrected chi connectivity index (χ2v) is 10.5. The van der Waals surface area contributed by atoms with Crippen LogP contribution in [0.3, 0.4) is 0 Å². The SMILES string of the molecule is Cc1cc(COC2CCN(S(=O)(=O)CC(NC(=O)O)C3CC3)CC2)c2ccccc2n1. The number of carboxylic acid groups (broad SMARTS) is 1. The molecule has 1 atom stereocenters. The minimum atomic E-state index is -3.51. The molecule has 1 amide bonds. The minimum Gasteiger partial charge on any atom is -0.465 e. The lowest BCUT2D eigenvalue weighted by molar-refractivity contribution is 0.0106. The van der Waals surface area contributed by atoms with Crippen LogP contribution in [0, 0.1) is 12.8 Å². The highest BCUT2D eigenvalue weighted by molar-refractivity contribution is 7.89. The Morgan fingerprint density at radius 3 is 2.65 bits per heavy atom. The molecule has 9 heteroatoms. The Kier molecular flexibility index (Phi) is 6.45. The molecule has 0 spiro atoms. The summed E-state index contributed by atoms with van der Waals surface area (Å²) < 4.78 is 33.3. The van der Waals surface area contributed by atoms with Crippen LogP contribution >= 0.6 is 0 Å². The fraction of sp³-hybridized carbons (Fsp3) is 0.545. The molecule has 8 nitrogen and oxygen atoms in total. The molecule has 1 unspecified atom stereocenters. The molecule has 4 rings (SSSR count). The van der Waals surface area contributed by atoms with E-state index in [1.54, 1.807) is 0 Å². The third-order valence-corrected chi connectivity index (χ3v) is 8.02. The molecule has 2 fully saturated rings. The van der Waals surface area contributed by atoms with Gasteiger partial charge < -0.3 is 15.2 Å². The maximum absolute atomic E-state index is 12.8. The minimum absolute atomic E-state index is 0.00458. The van der Waals surface area contributed by atoms with Crippen LogP contribution in [-0.4, -0.2) is 59.9 Å². The summed E-state index contributed by atoms with van der Waals surface area (Å²) in [5, 5.41) is 12.5. The standard InChI is InChI=1S/C22H29N3O5S/c1-15-12-17(19-4-2-3-5-20(19)23-15)13-30-18-8-10-25(11-9-18)31(28,29)14-21(16-6-7-16)24-22(26)27/h2-5,12,16,18,21,24H,6-11,13-14H2,1H3,(H,26,27). The van der Waals surface area contributed by atoms with Crippen molar-refractivity contribution in [3.8, 4) is 0 Å². The quantitative estimate of drug-likeness (QED) is 0.644. The van der Waals surface area contributed by atoms with E-state index in [-0.39, 0.29) is 17.8 Å². The van der Waals surface area contributed by atoms with Crippen molar-refractivity contribution in [3.05, 3.63) is 41.6 Å². The number of hydrogen-bond acceptors (Lipinski definition) is 5. The number of carbonyl (C=O) groups is 1. The van der Waals surface area contributed by atoms with Crippen LogP contribution < -0.4 is 5.32 Å². The van der Waals surface area contributed by atoms with Crippen LogP contribution in [-0.2, 0) is 21.4 Å². The molecule has 1 aliphatic heterocycles. The average molecular weight is 448 g/mol. The first-order chi connectivity index (χ1) is 14.8. The van der Waals surface area contributed by atoms with Crippen LogP contribution in [0.2, 0.25) is 0 Å². The zero-order chi connectivity index (χ0) is 22.0. The first-order valence-electron chi connectivity index (χ1n) is 10.8. The van der Waals surface area contributed by atoms with Crippen LogP contribution in [0.5, 0.6) is 0 Å². The summed E-state index contributed by atoms with van der Waals surface area (Å²) in [4.78, 5) is 15.6. The number of fused-ring (bicyclic) bond motifs is 1. The smallest absolute Gasteiger partial charge is 0.404 e. The summed E-state index contributed by atoms with van der Waals surface area (Å²) in [7, 11) is -3.51. The Morgan fingerprint density at radius 2 is 1.97 bits per heavy atom. The lowest BCUT2D eigenvalue weighted by Gasteiger charge is -2.32. The van der Waals surface area contributed by atoms with Gasteiger partial charge in [-0.15, -0.1) is 0 Å². The van der Waals surface area contributed by atoms with Crippen molar-refractivity contribution in [2.75, 3.05) is 18.8 Å². The molecule has 168 valence electrons. The molecule has 2 heterocycles. The maximum Gasteiger partial charge on any atom is 0.404 e. The van der Waals surface area contributed by atoms with Gasteiger partial charge in [-0.05, 0) is 56.2 Å². The molecular formula is C22H29N3O5S. The van der Waals surface area contributed by atoms with Crippen molar-refractivity contribution in [1.82, 2.24) is 14.6 Å². The van der Waals surface area contributed by atoms with Gasteiger partial charge in [0.2, 0.25) is 10.0 Å². The van der Waals surface area contributed by atoms with Gasteiger partial charge in [-0.1, -0.05) is 18.2 Å². The average Bonchev–Trinajstić information content (AvgIpc) is 3.56. The molecule has 1 saturated carbocycles. The van der Waals surface area contributed by atoms with E-state index in [1.807, 2.05) is 37.3 Å². The molecule has 1 saturated heterocycles. The largest absolute Gasteiger partial charge is 0.465 e. The number of amides is 1. The number of piperidine rings is 1. The zero-order valence-electron chi connectivity index (χ0n) is 17.7. The van der Waals surface area contributed by atoms with E-state index in [9.17, 15) is 13.2 Å². The van der Waals surface area contributed by atoms with Gasteiger partial charge in [-0.2, -0.15) is 0 Å². The number of benzene rings is 1. The molecular weight excluding hydrogens is 418 g/mol. The second-order valence-electron chi connectivity index (χ2n) is 8.52. The third kappa shape index (κ3) is 5.53. The Bertz CT molecular complexity index is 1050. The first-order valence-corrected chi connectivity index (χ1v) is 12.4. The van der Waals surface area contributed by atoms with Gasteiger partial charge in [0.25, 0.3) is 0 Å². The van der Waals surface area contributed by atoms with Gasteiger partial charge in [-0.25, -0.2) is 17.5 Å². The van der Waals surface area contributed by atoms with Crippen molar-refractivity contribution in [3.63, 3.8) is 0 Å². The van der Waals surface area contributed by atoms with Crippen molar-refractivity contribution < 1.29 is 23.1 Å². The molecule has 2 aromatic rings. The number of hydrogen-bond donors (Lipinski definition) is 2. The number of para-hydroxylation sites is 1. The number of nitrogens with zero attached hydrogens (tertiary/aromatic N) is 2. The number of rotatable bonds is 8. The van der Waals surface area contributed by atoms with Crippen LogP contribution in [0.1, 0.15) is 36.9 Å². The predicted molar refractivity (Wildman–Crippen MR) is 117 cm³/mol. The van der Waals surface area contributed by atoms with Gasteiger partial charge in [0, 0.05) is 24.2 Å². The predicted octanol–water partition coefficient (Wildman–Crippen LogP) is 2.90. The Hall–Kier alpha value is -2.23. The lowest BCUT2D eigenvalue weighted by Crippen LogP contribution is -2.47. The summed E-state index contributed by atoms with van der Waals surface area (Å²) in [6.45, 7) is 3.22. The fourth-order valence-corrected chi connectivity index (χ4v) is 6.07. The fourth-order valence-electron chi connectivity index (χ4n) is 4.28. The van der Waals surface area contributed by atoms with Gasteiger partial charge in [-0.3, -0.25) is 4.98 Å². The van der Waals surface area contributed by atoms with Gasteiger partial charge in [0.05, 0.1) is 30.0 Å². The third-order valence-electron chi connectivity index (χ3n) is 6.09. The van der Waals surface area contributed by atoms with Crippen molar-refractivity contribution in [2.45, 2.75) is 51.4 Å². The molecule has 1 aliphatic carbocycles. The number of pyridine rings is 1. The maximum atomic E-state index is 12.8. The van der Waals surface area contributed by atoms with Crippen LogP contribution in [0.4, 0.5) is 4.79 Å². The summed E-state index contributed by atoms with van der Waals surface area (Å²) in [6.07, 6.45) is 1.83. The van der Waals surface area contributed by atoms with E-state index in [1.165, 1.54) is 4.31 Å². The monoisotopic (exact) mass is 447 g/mol. The molecule has 1 aromatic heterocycles. The molecule has 0 bridgehead atoms. The molecule has 0 radical (unpaired) electrons. The highest BCUT2D eigenvalue weighted by Crippen LogP contribution is 2.34. The van der Waals surface area contributed by atoms with Gasteiger partial charge in [0.15, 0.2) is 0 Å². The van der Waals surface area contributed by atoms with Gasteiger partial charge in [0.1, 0.15) is 0 Å². The normalized spacial score (nSPS) is 19.4. The van der Waals surface area contributed by atoms with E-state index in [4.69, 9.17) is 9.84 Å². The Labute approximate surface area is 182 Å². The Morgan fingerprint density at radius 1 is 1.26 bits per heavy atom. The lowest BCUT2D eigenvalue weighted by atomic mass is 10.1. The van der Waals surface area contributed by atoms with E-state index in [0.717, 1.165) is 35.0 Å². The van der Waals surface area contributed by atoms with E-state index in [2.05, 4.69) is 10.3 Å². The van der Waals surface area contributed by atoms with E-state index < -0.39 is 22.2 Å². The number of aromatic nitrogens is 1. The summed E-state index contributed by atoms with van der Waals surface area (Å²) >= 11 is 0. The van der Waals surface area contributed by atoms with E-state index in [0.29, 0.717) is 32.5 Å². The zero-order valence-corrected chi connectivity index (χ0v) is 18.5. The van der Waals surface area contributed by atoms with Crippen molar-refractivity contribution in [1.29, 1.82) is 0 Å². The van der Waals surface area contributed by atoms with E-state index >= 15 is 0 Å². The second kappa shape index (κ2) is 9.10. The molecule has 2 N–H and O–H groups in total. The topological polar surface area (TPSA) is 109 Å². The first kappa shape index (κ1) is 22.0. The molecule has 1 aromatic carbocycles. The number of ether oxygens (including phenoxy) is 1. The highest BCUT2D eigenvalue weighted by Gasteiger charge is 2.38. The summed E-state index contributed by atoms with van der Waals surface area (Å²) in [5.41, 5.74) is 2.98. The molecule has 31 heavy (non-hydrogen) atoms. The highest BCUT2D eigenvalue weighted by atomic mass is 32.2. The van der Waals surface area contributed by atoms with Crippen molar-refractivity contribution in [2.24, 2.45) is 5.92 Å². The van der Waals surface area contributed by atoms with Crippen LogP contribution in [0.25, 0.3) is 10.9 Å². The summed E-state index contributed by atoms with van der Waals surface area (Å²) in [6, 6.07) is 9.49. The number of nitrogens with one attached hydrogen (secondary N) is 1. The Balaban J connectivity index is 1.32. The number of aryl methyl sites for hydroxylation is 1. The van der Waals surface area contributed by atoms with Gasteiger partial charge >= 0.3 is 6.09 Å². The number of sulfonamides is 1.